The van der Waals surface area contributed by atoms with E-state index in [2.05, 4.69) is 69.4 Å². The highest BCUT2D eigenvalue weighted by Gasteiger charge is 2.50. The van der Waals surface area contributed by atoms with Gasteiger partial charge in [0.2, 0.25) is 0 Å². The number of hydrogen-bond acceptors (Lipinski definition) is 11. The van der Waals surface area contributed by atoms with Crippen LogP contribution in [-0.4, -0.2) is 89.2 Å². The van der Waals surface area contributed by atoms with E-state index in [9.17, 15) is 34.5 Å². The molecule has 1 saturated heterocycles. The Labute approximate surface area is 507 Å². The van der Waals surface area contributed by atoms with Gasteiger partial charge in [-0.3, -0.25) is 14.4 Å². The fourth-order valence-corrected chi connectivity index (χ4v) is 10.5. The first-order valence-corrected chi connectivity index (χ1v) is 34.6. The van der Waals surface area contributed by atoms with Crippen LogP contribution in [0.2, 0.25) is 0 Å². The third-order valence-corrected chi connectivity index (χ3v) is 15.9. The molecule has 482 valence electrons. The van der Waals surface area contributed by atoms with Crippen LogP contribution in [0.15, 0.2) is 48.6 Å². The smallest absolute Gasteiger partial charge is 0.335 e. The molecule has 6 unspecified atom stereocenters. The second-order valence-electron chi connectivity index (χ2n) is 23.8. The van der Waals surface area contributed by atoms with Crippen molar-refractivity contribution in [3.05, 3.63) is 48.6 Å². The molecule has 12 nitrogen and oxygen atoms in total. The molecule has 6 atom stereocenters. The molecular weight excluding hydrogens is 1040 g/mol. The van der Waals surface area contributed by atoms with Crippen LogP contribution in [0.4, 0.5) is 0 Å². The average molecular weight is 1170 g/mol. The van der Waals surface area contributed by atoms with Crippen molar-refractivity contribution in [3.63, 3.8) is 0 Å². The number of hydrogen-bond donors (Lipinski definition) is 3. The molecule has 1 fully saturated rings. The predicted octanol–water partition coefficient (Wildman–Crippen LogP) is 18.9. The average Bonchev–Trinajstić information content (AvgIpc) is 3.59. The van der Waals surface area contributed by atoms with Crippen LogP contribution >= 0.6 is 0 Å². The van der Waals surface area contributed by atoms with E-state index in [0.29, 0.717) is 19.3 Å². The number of rotatable bonds is 60. The van der Waals surface area contributed by atoms with Crippen LogP contribution in [0.5, 0.6) is 0 Å². The molecule has 1 heterocycles. The van der Waals surface area contributed by atoms with Crippen molar-refractivity contribution in [2.45, 2.75) is 366 Å². The number of carbonyl (C=O) groups excluding carboxylic acids is 3. The van der Waals surface area contributed by atoms with Gasteiger partial charge in [0.1, 0.15) is 18.8 Å². The quantitative estimate of drug-likeness (QED) is 0.0228. The van der Waals surface area contributed by atoms with Gasteiger partial charge in [0.25, 0.3) is 0 Å². The summed E-state index contributed by atoms with van der Waals surface area (Å²) in [6, 6.07) is 0. The molecule has 0 aromatic heterocycles. The maximum atomic E-state index is 13.2. The number of carboxylic acid groups (broad SMARTS) is 1. The first-order valence-electron chi connectivity index (χ1n) is 34.6. The van der Waals surface area contributed by atoms with Crippen LogP contribution in [0.1, 0.15) is 329 Å². The largest absolute Gasteiger partial charge is 0.479 e. The summed E-state index contributed by atoms with van der Waals surface area (Å²) in [5.41, 5.74) is 0. The van der Waals surface area contributed by atoms with Crippen molar-refractivity contribution >= 4 is 23.9 Å². The van der Waals surface area contributed by atoms with E-state index in [4.69, 9.17) is 23.7 Å². The molecule has 3 N–H and O–H groups in total. The monoisotopic (exact) mass is 1170 g/mol. The topological polar surface area (TPSA) is 175 Å². The molecule has 83 heavy (non-hydrogen) atoms. The fraction of sp³-hybridized carbons (Fsp3) is 0.831. The van der Waals surface area contributed by atoms with Gasteiger partial charge >= 0.3 is 23.9 Å². The molecule has 0 aromatic rings. The number of carbonyl (C=O) groups is 4. The fourth-order valence-electron chi connectivity index (χ4n) is 10.5. The van der Waals surface area contributed by atoms with Crippen LogP contribution < -0.4 is 0 Å². The Kier molecular flexibility index (Phi) is 55.3. The molecule has 0 bridgehead atoms. The Morgan fingerprint density at radius 2 is 0.723 bits per heavy atom. The van der Waals surface area contributed by atoms with Gasteiger partial charge in [-0.05, 0) is 83.5 Å². The van der Waals surface area contributed by atoms with Crippen LogP contribution in [-0.2, 0) is 42.9 Å². The second kappa shape index (κ2) is 59.0. The Morgan fingerprint density at radius 1 is 0.398 bits per heavy atom. The number of aliphatic hydroxyl groups is 2. The summed E-state index contributed by atoms with van der Waals surface area (Å²) in [7, 11) is 0. The van der Waals surface area contributed by atoms with Gasteiger partial charge < -0.3 is 39.0 Å². The Bertz CT molecular complexity index is 1630. The number of carboxylic acids is 1. The zero-order valence-electron chi connectivity index (χ0n) is 53.5. The molecule has 0 saturated carbocycles. The van der Waals surface area contributed by atoms with Gasteiger partial charge in [-0.1, -0.05) is 275 Å². The van der Waals surface area contributed by atoms with Crippen LogP contribution in [0.3, 0.4) is 0 Å². The lowest BCUT2D eigenvalue weighted by Crippen LogP contribution is -2.61. The van der Waals surface area contributed by atoms with Gasteiger partial charge in [0.15, 0.2) is 24.6 Å². The lowest BCUT2D eigenvalue weighted by molar-refractivity contribution is -0.301. The first kappa shape index (κ1) is 77.7. The van der Waals surface area contributed by atoms with E-state index in [1.165, 1.54) is 154 Å². The number of aliphatic carboxylic acids is 1. The highest BCUT2D eigenvalue weighted by atomic mass is 16.7. The minimum atomic E-state index is -1.91. The summed E-state index contributed by atoms with van der Waals surface area (Å²) < 4.78 is 28.6. The number of aliphatic hydroxyl groups excluding tert-OH is 2. The Hall–Kier alpha value is -3.32. The molecular formula is C71H126O12. The number of esters is 3. The number of ether oxygens (including phenoxy) is 5. The summed E-state index contributed by atoms with van der Waals surface area (Å²) in [5, 5.41) is 31.6. The van der Waals surface area contributed by atoms with Gasteiger partial charge in [-0.25, -0.2) is 4.79 Å². The maximum Gasteiger partial charge on any atom is 0.335 e. The van der Waals surface area contributed by atoms with Crippen LogP contribution in [0.25, 0.3) is 0 Å². The predicted molar refractivity (Wildman–Crippen MR) is 340 cm³/mol. The third-order valence-electron chi connectivity index (χ3n) is 15.9. The lowest BCUT2D eigenvalue weighted by atomic mass is 9.98. The minimum Gasteiger partial charge on any atom is -0.479 e. The highest BCUT2D eigenvalue weighted by molar-refractivity contribution is 5.74. The van der Waals surface area contributed by atoms with Gasteiger partial charge in [-0.15, -0.1) is 0 Å². The second-order valence-corrected chi connectivity index (χ2v) is 23.8. The summed E-state index contributed by atoms with van der Waals surface area (Å²) in [6.45, 7) is 6.00. The highest BCUT2D eigenvalue weighted by Crippen LogP contribution is 2.27. The van der Waals surface area contributed by atoms with Crippen molar-refractivity contribution < 1.29 is 58.2 Å². The van der Waals surface area contributed by atoms with Crippen molar-refractivity contribution in [2.24, 2.45) is 0 Å². The summed E-state index contributed by atoms with van der Waals surface area (Å²) in [4.78, 5) is 51.4. The van der Waals surface area contributed by atoms with E-state index in [-0.39, 0.29) is 25.9 Å². The molecule has 0 radical (unpaired) electrons. The Morgan fingerprint density at radius 3 is 1.11 bits per heavy atom. The van der Waals surface area contributed by atoms with Crippen molar-refractivity contribution in [1.82, 2.24) is 0 Å². The summed E-state index contributed by atoms with van der Waals surface area (Å²) in [6.07, 6.45) is 60.6. The lowest BCUT2D eigenvalue weighted by Gasteiger charge is -2.40. The zero-order chi connectivity index (χ0) is 60.3. The number of unbranched alkanes of at least 4 members (excludes halogenated alkanes) is 38. The van der Waals surface area contributed by atoms with Crippen molar-refractivity contribution in [2.75, 3.05) is 13.2 Å². The van der Waals surface area contributed by atoms with Crippen molar-refractivity contribution in [3.8, 4) is 0 Å². The van der Waals surface area contributed by atoms with E-state index in [1.54, 1.807) is 0 Å². The maximum absolute atomic E-state index is 13.2. The normalized spacial score (nSPS) is 17.8. The van der Waals surface area contributed by atoms with E-state index >= 15 is 0 Å². The summed E-state index contributed by atoms with van der Waals surface area (Å²) in [5.74, 6) is -3.11. The summed E-state index contributed by atoms with van der Waals surface area (Å²) >= 11 is 0. The molecule has 1 rings (SSSR count). The molecule has 0 spiro atoms. The molecule has 1 aliphatic rings. The molecule has 1 aliphatic heterocycles. The molecule has 0 aliphatic carbocycles. The number of allylic oxidation sites excluding steroid dienone is 8. The zero-order valence-corrected chi connectivity index (χ0v) is 53.5. The third kappa shape index (κ3) is 48.5. The van der Waals surface area contributed by atoms with E-state index < -0.39 is 67.3 Å². The standard InChI is InChI=1S/C71H126O12/c1-4-7-10-13-16-19-22-25-28-31-32-35-36-39-42-45-48-51-54-57-63(72)79-60-62(81-64(73)58-55-52-49-46-43-40-37-33-29-26-23-20-17-14-11-8-5-2)61-80-71-69(67(76)66(75)68(83-71)70(77)78)82-65(74)59-56-53-50-47-44-41-38-34-30-27-24-21-18-15-12-9-6-3/h17-18,20-21,26-27,29-30,62,66-69,71,75-76H,4-16,19,22-25,28,31-61H2,1-3H3,(H,77,78)/b20-17-,21-18-,29-26-,30-27-. The van der Waals surface area contributed by atoms with Crippen LogP contribution in [0, 0.1) is 0 Å². The van der Waals surface area contributed by atoms with E-state index in [0.717, 1.165) is 116 Å². The SMILES string of the molecule is CCCCC/C=C\C/C=C\CCCCCCCCCC(=O)OC(COC(=O)CCCCCCCCCCCCCCCCCCCCC)COC1OC(C(=O)O)C(O)C(O)C1OC(=O)CCCCCCCCC/C=C\C/C=C\CCCCC. The minimum absolute atomic E-state index is 0.0527. The first-order chi connectivity index (χ1) is 40.6. The Balaban J connectivity index is 2.63. The van der Waals surface area contributed by atoms with Crippen molar-refractivity contribution in [1.29, 1.82) is 0 Å². The van der Waals surface area contributed by atoms with Gasteiger partial charge in [0.05, 0.1) is 6.61 Å². The molecule has 0 amide bonds. The van der Waals surface area contributed by atoms with Gasteiger partial charge in [-0.2, -0.15) is 0 Å². The van der Waals surface area contributed by atoms with Gasteiger partial charge in [0, 0.05) is 19.3 Å². The molecule has 0 aromatic carbocycles. The molecule has 12 heteroatoms. The van der Waals surface area contributed by atoms with E-state index in [1.807, 2.05) is 0 Å².